The van der Waals surface area contributed by atoms with E-state index in [9.17, 15) is 14.4 Å². The minimum atomic E-state index is -1.10. The number of hydrogen-bond donors (Lipinski definition) is 3. The molecule has 0 radical (unpaired) electrons. The molecule has 1 aromatic heterocycles. The van der Waals surface area contributed by atoms with Crippen LogP contribution < -0.4 is 10.2 Å². The molecule has 2 heterocycles. The number of aromatic carboxylic acids is 1. The Balaban J connectivity index is 1.93. The topological polar surface area (TPSA) is 115 Å². The van der Waals surface area contributed by atoms with Crippen LogP contribution in [0, 0.1) is 0 Å². The van der Waals surface area contributed by atoms with Gasteiger partial charge in [-0.3, -0.25) is 14.7 Å². The molecule has 0 spiro atoms. The molecule has 1 saturated heterocycles. The van der Waals surface area contributed by atoms with Gasteiger partial charge in [-0.05, 0) is 18.2 Å². The number of piperazine rings is 1. The molecule has 1 aliphatic heterocycles. The van der Waals surface area contributed by atoms with Crippen LogP contribution in [0.4, 0.5) is 5.69 Å². The minimum absolute atomic E-state index is 0.0196. The van der Waals surface area contributed by atoms with Gasteiger partial charge in [0.15, 0.2) is 0 Å². The number of rotatable bonds is 3. The Kier molecular flexibility index (Phi) is 3.34. The van der Waals surface area contributed by atoms with Crippen LogP contribution in [0.15, 0.2) is 30.3 Å². The van der Waals surface area contributed by atoms with E-state index in [2.05, 4.69) is 15.5 Å². The predicted molar refractivity (Wildman–Crippen MR) is 76.3 cm³/mol. The number of carbonyl (C=O) groups is 3. The number of carboxylic acid groups (broad SMARTS) is 1. The molecule has 22 heavy (non-hydrogen) atoms. The predicted octanol–water partition coefficient (Wildman–Crippen LogP) is 0.238. The first kappa shape index (κ1) is 13.8. The number of aromatic amines is 1. The van der Waals surface area contributed by atoms with Crippen LogP contribution in [-0.2, 0) is 9.59 Å². The van der Waals surface area contributed by atoms with E-state index in [0.717, 1.165) is 0 Å². The van der Waals surface area contributed by atoms with Crippen molar-refractivity contribution in [1.82, 2.24) is 15.5 Å². The van der Waals surface area contributed by atoms with Crippen molar-refractivity contribution in [3.8, 4) is 11.3 Å². The maximum absolute atomic E-state index is 11.9. The molecule has 1 aromatic carbocycles. The van der Waals surface area contributed by atoms with Crippen LogP contribution in [0.1, 0.15) is 10.5 Å². The fourth-order valence-electron chi connectivity index (χ4n) is 2.20. The second kappa shape index (κ2) is 5.32. The van der Waals surface area contributed by atoms with Crippen LogP contribution in [0.3, 0.4) is 0 Å². The Bertz CT molecular complexity index is 768. The number of H-pyrrole nitrogens is 1. The highest BCUT2D eigenvalue weighted by Gasteiger charge is 2.24. The van der Waals surface area contributed by atoms with Gasteiger partial charge < -0.3 is 15.3 Å². The summed E-state index contributed by atoms with van der Waals surface area (Å²) in [4.78, 5) is 35.6. The lowest BCUT2D eigenvalue weighted by molar-refractivity contribution is -0.128. The molecule has 0 unspecified atom stereocenters. The average Bonchev–Trinajstić information content (AvgIpc) is 3.00. The van der Waals surface area contributed by atoms with Crippen molar-refractivity contribution < 1.29 is 19.5 Å². The fraction of sp³-hybridized carbons (Fsp3) is 0.143. The van der Waals surface area contributed by atoms with Gasteiger partial charge in [0.25, 0.3) is 0 Å². The summed E-state index contributed by atoms with van der Waals surface area (Å²) in [6.07, 6.45) is 0. The summed E-state index contributed by atoms with van der Waals surface area (Å²) in [5.74, 6) is -1.53. The van der Waals surface area contributed by atoms with Gasteiger partial charge in [-0.25, -0.2) is 4.79 Å². The van der Waals surface area contributed by atoms with Gasteiger partial charge >= 0.3 is 5.97 Å². The maximum Gasteiger partial charge on any atom is 0.353 e. The van der Waals surface area contributed by atoms with Crippen molar-refractivity contribution >= 4 is 23.5 Å². The number of aromatic nitrogens is 2. The second-order valence-corrected chi connectivity index (χ2v) is 4.78. The molecule has 0 saturated carbocycles. The third-order valence-electron chi connectivity index (χ3n) is 3.30. The molecule has 0 atom stereocenters. The molecule has 8 nitrogen and oxygen atoms in total. The average molecular weight is 300 g/mol. The number of nitrogens with one attached hydrogen (secondary N) is 2. The normalized spacial score (nSPS) is 14.8. The highest BCUT2D eigenvalue weighted by molar-refractivity contribution is 6.04. The Morgan fingerprint density at radius 1 is 1.27 bits per heavy atom. The molecule has 2 aromatic rings. The van der Waals surface area contributed by atoms with Crippen LogP contribution >= 0.6 is 0 Å². The maximum atomic E-state index is 11.9. The molecular formula is C14H12N4O4. The number of carbonyl (C=O) groups excluding carboxylic acids is 2. The standard InChI is InChI=1S/C14H12N4O4/c19-12-7-18(13(20)6-15-12)9-3-1-2-8(4-9)10-5-11(14(21)22)17-16-10/h1-5H,6-7H2,(H,15,19)(H,16,17)(H,21,22). The summed E-state index contributed by atoms with van der Waals surface area (Å²) in [5, 5.41) is 17.7. The summed E-state index contributed by atoms with van der Waals surface area (Å²) in [7, 11) is 0. The third-order valence-corrected chi connectivity index (χ3v) is 3.30. The van der Waals surface area contributed by atoms with Crippen molar-refractivity contribution in [3.05, 3.63) is 36.0 Å². The lowest BCUT2D eigenvalue weighted by Gasteiger charge is -2.26. The summed E-state index contributed by atoms with van der Waals surface area (Å²) in [6, 6.07) is 8.29. The summed E-state index contributed by atoms with van der Waals surface area (Å²) in [5.41, 5.74) is 1.65. The van der Waals surface area contributed by atoms with E-state index in [0.29, 0.717) is 16.9 Å². The fourth-order valence-corrected chi connectivity index (χ4v) is 2.20. The van der Waals surface area contributed by atoms with E-state index < -0.39 is 5.97 Å². The van der Waals surface area contributed by atoms with Gasteiger partial charge in [0.1, 0.15) is 12.2 Å². The van der Waals surface area contributed by atoms with E-state index in [4.69, 9.17) is 5.11 Å². The molecule has 112 valence electrons. The van der Waals surface area contributed by atoms with Crippen molar-refractivity contribution in [3.63, 3.8) is 0 Å². The first-order chi connectivity index (χ1) is 10.5. The van der Waals surface area contributed by atoms with E-state index in [-0.39, 0.29) is 30.6 Å². The van der Waals surface area contributed by atoms with Crippen molar-refractivity contribution in [2.75, 3.05) is 18.0 Å². The summed E-state index contributed by atoms with van der Waals surface area (Å²) in [6.45, 7) is -0.0716. The summed E-state index contributed by atoms with van der Waals surface area (Å²) < 4.78 is 0. The zero-order chi connectivity index (χ0) is 15.7. The Morgan fingerprint density at radius 2 is 2.09 bits per heavy atom. The smallest absolute Gasteiger partial charge is 0.353 e. The first-order valence-corrected chi connectivity index (χ1v) is 6.51. The van der Waals surface area contributed by atoms with Gasteiger partial charge in [-0.1, -0.05) is 12.1 Å². The van der Waals surface area contributed by atoms with Gasteiger partial charge in [-0.2, -0.15) is 5.10 Å². The number of anilines is 1. The quantitative estimate of drug-likeness (QED) is 0.751. The molecule has 3 N–H and O–H groups in total. The zero-order valence-corrected chi connectivity index (χ0v) is 11.4. The molecule has 8 heteroatoms. The van der Waals surface area contributed by atoms with Gasteiger partial charge in [0.2, 0.25) is 11.8 Å². The Labute approximate surface area is 124 Å². The third kappa shape index (κ3) is 2.53. The monoisotopic (exact) mass is 300 g/mol. The Morgan fingerprint density at radius 3 is 2.82 bits per heavy atom. The van der Waals surface area contributed by atoms with E-state index >= 15 is 0 Å². The molecule has 1 aliphatic rings. The zero-order valence-electron chi connectivity index (χ0n) is 11.4. The minimum Gasteiger partial charge on any atom is -0.477 e. The largest absolute Gasteiger partial charge is 0.477 e. The highest BCUT2D eigenvalue weighted by atomic mass is 16.4. The van der Waals surface area contributed by atoms with Crippen LogP contribution in [0.25, 0.3) is 11.3 Å². The lowest BCUT2D eigenvalue weighted by atomic mass is 10.1. The molecule has 0 aliphatic carbocycles. The molecule has 1 fully saturated rings. The highest BCUT2D eigenvalue weighted by Crippen LogP contribution is 2.24. The second-order valence-electron chi connectivity index (χ2n) is 4.78. The first-order valence-electron chi connectivity index (χ1n) is 6.51. The number of carboxylic acids is 1. The molecule has 0 bridgehead atoms. The van der Waals surface area contributed by atoms with Crippen molar-refractivity contribution in [1.29, 1.82) is 0 Å². The lowest BCUT2D eigenvalue weighted by Crippen LogP contribution is -2.51. The molecular weight excluding hydrogens is 288 g/mol. The number of benzene rings is 1. The number of nitrogens with zero attached hydrogens (tertiary/aromatic N) is 2. The van der Waals surface area contributed by atoms with E-state index in [1.165, 1.54) is 11.0 Å². The number of amides is 2. The van der Waals surface area contributed by atoms with Crippen molar-refractivity contribution in [2.45, 2.75) is 0 Å². The summed E-state index contributed by atoms with van der Waals surface area (Å²) >= 11 is 0. The molecule has 3 rings (SSSR count). The Hall–Kier alpha value is -3.16. The van der Waals surface area contributed by atoms with Crippen LogP contribution in [0.5, 0.6) is 0 Å². The van der Waals surface area contributed by atoms with E-state index in [1.54, 1.807) is 24.3 Å². The van der Waals surface area contributed by atoms with E-state index in [1.807, 2.05) is 0 Å². The van der Waals surface area contributed by atoms with Crippen molar-refractivity contribution in [2.24, 2.45) is 0 Å². The van der Waals surface area contributed by atoms with Crippen LogP contribution in [0.2, 0.25) is 0 Å². The van der Waals surface area contributed by atoms with Gasteiger partial charge in [0.05, 0.1) is 12.2 Å². The SMILES string of the molecule is O=C1CN(c2cccc(-c3cc(C(=O)O)[nH]n3)c2)C(=O)CN1. The number of hydrogen-bond acceptors (Lipinski definition) is 4. The molecule has 2 amide bonds. The van der Waals surface area contributed by atoms with Gasteiger partial charge in [-0.15, -0.1) is 0 Å². The van der Waals surface area contributed by atoms with Crippen LogP contribution in [-0.4, -0.2) is 46.2 Å². The van der Waals surface area contributed by atoms with Gasteiger partial charge in [0, 0.05) is 11.3 Å².